The molecule has 0 fully saturated rings. The van der Waals surface area contributed by atoms with Gasteiger partial charge in [0.2, 0.25) is 0 Å². The van der Waals surface area contributed by atoms with Crippen LogP contribution in [0.1, 0.15) is 31.9 Å². The zero-order valence-electron chi connectivity index (χ0n) is 9.48. The number of hydrogen-bond donors (Lipinski definition) is 1. The van der Waals surface area contributed by atoms with Crippen molar-refractivity contribution in [3.05, 3.63) is 33.8 Å². The maximum atomic E-state index is 6.16. The molecule has 86 valence electrons. The topological polar surface area (TPSA) is 12.0 Å². The van der Waals surface area contributed by atoms with Crippen LogP contribution in [0.2, 0.25) is 10.0 Å². The van der Waals surface area contributed by atoms with Crippen molar-refractivity contribution in [2.75, 3.05) is 6.54 Å². The van der Waals surface area contributed by atoms with E-state index in [2.05, 4.69) is 24.1 Å². The molecule has 0 aliphatic heterocycles. The summed E-state index contributed by atoms with van der Waals surface area (Å²) in [6.07, 6.45) is 0.965. The van der Waals surface area contributed by atoms with Crippen LogP contribution in [0.4, 0.5) is 0 Å². The lowest BCUT2D eigenvalue weighted by atomic mass is 10.0. The molecule has 3 heteroatoms. The van der Waals surface area contributed by atoms with Crippen LogP contribution < -0.4 is 5.32 Å². The van der Waals surface area contributed by atoms with Gasteiger partial charge in [-0.05, 0) is 31.0 Å². The second-order valence-electron chi connectivity index (χ2n) is 3.43. The van der Waals surface area contributed by atoms with Crippen molar-refractivity contribution >= 4 is 23.2 Å². The number of nitrogens with one attached hydrogen (secondary N) is 1. The minimum absolute atomic E-state index is 0.227. The Hall–Kier alpha value is -0.680. The fraction of sp³-hybridized carbons (Fsp3) is 0.385. The first-order chi connectivity index (χ1) is 7.69. The first-order valence-corrected chi connectivity index (χ1v) is 6.02. The summed E-state index contributed by atoms with van der Waals surface area (Å²) in [5.74, 6) is 5.84. The zero-order chi connectivity index (χ0) is 12.0. The molecule has 0 bridgehead atoms. The average Bonchev–Trinajstić information content (AvgIpc) is 2.26. The highest BCUT2D eigenvalue weighted by molar-refractivity contribution is 6.35. The standard InChI is InChI=1S/C13H15Cl2N/c1-3-5-8-16-13(4-2)11-7-6-10(14)9-12(11)15/h6-7,9,13,16H,4,8H2,1-2H3. The van der Waals surface area contributed by atoms with Gasteiger partial charge in [0.1, 0.15) is 0 Å². The van der Waals surface area contributed by atoms with Gasteiger partial charge < -0.3 is 0 Å². The Morgan fingerprint density at radius 3 is 2.69 bits per heavy atom. The van der Waals surface area contributed by atoms with Crippen LogP contribution in [-0.4, -0.2) is 6.54 Å². The molecule has 1 aromatic rings. The van der Waals surface area contributed by atoms with E-state index >= 15 is 0 Å². The van der Waals surface area contributed by atoms with Gasteiger partial charge in [-0.2, -0.15) is 0 Å². The van der Waals surface area contributed by atoms with E-state index in [9.17, 15) is 0 Å². The van der Waals surface area contributed by atoms with Crippen LogP contribution in [0.25, 0.3) is 0 Å². The van der Waals surface area contributed by atoms with Crippen molar-refractivity contribution in [1.82, 2.24) is 5.32 Å². The van der Waals surface area contributed by atoms with Crippen LogP contribution in [-0.2, 0) is 0 Å². The van der Waals surface area contributed by atoms with Gasteiger partial charge in [0.25, 0.3) is 0 Å². The van der Waals surface area contributed by atoms with Crippen molar-refractivity contribution < 1.29 is 0 Å². The van der Waals surface area contributed by atoms with Gasteiger partial charge in [0, 0.05) is 16.1 Å². The normalized spacial score (nSPS) is 11.8. The monoisotopic (exact) mass is 255 g/mol. The number of halogens is 2. The molecule has 0 amide bonds. The first kappa shape index (κ1) is 13.4. The number of rotatable bonds is 4. The van der Waals surface area contributed by atoms with Crippen molar-refractivity contribution in [3.8, 4) is 11.8 Å². The van der Waals surface area contributed by atoms with Crippen molar-refractivity contribution in [2.24, 2.45) is 0 Å². The highest BCUT2D eigenvalue weighted by Crippen LogP contribution is 2.27. The minimum atomic E-state index is 0.227. The Morgan fingerprint density at radius 2 is 2.12 bits per heavy atom. The van der Waals surface area contributed by atoms with E-state index in [-0.39, 0.29) is 6.04 Å². The lowest BCUT2D eigenvalue weighted by Crippen LogP contribution is -2.21. The molecule has 0 saturated carbocycles. The molecule has 1 atom stereocenters. The molecular weight excluding hydrogens is 241 g/mol. The Morgan fingerprint density at radius 1 is 1.38 bits per heavy atom. The lowest BCUT2D eigenvalue weighted by molar-refractivity contribution is 0.556. The fourth-order valence-corrected chi connectivity index (χ4v) is 2.06. The molecule has 0 radical (unpaired) electrons. The third-order valence-electron chi connectivity index (χ3n) is 2.36. The fourth-order valence-electron chi connectivity index (χ4n) is 1.52. The van der Waals surface area contributed by atoms with Gasteiger partial charge in [-0.25, -0.2) is 0 Å². The predicted octanol–water partition coefficient (Wildman–Crippen LogP) is 4.06. The van der Waals surface area contributed by atoms with Crippen LogP contribution >= 0.6 is 23.2 Å². The van der Waals surface area contributed by atoms with Crippen LogP contribution in [0.15, 0.2) is 18.2 Å². The Bertz CT molecular complexity index is 404. The summed E-state index contributed by atoms with van der Waals surface area (Å²) in [6, 6.07) is 5.82. The molecule has 1 unspecified atom stereocenters. The third kappa shape index (κ3) is 3.72. The molecular formula is C13H15Cl2N. The molecule has 0 heterocycles. The first-order valence-electron chi connectivity index (χ1n) is 5.27. The molecule has 1 rings (SSSR count). The van der Waals surface area contributed by atoms with Gasteiger partial charge in [0.15, 0.2) is 0 Å². The number of benzene rings is 1. The second kappa shape index (κ2) is 6.81. The highest BCUT2D eigenvalue weighted by Gasteiger charge is 2.11. The van der Waals surface area contributed by atoms with E-state index < -0.39 is 0 Å². The van der Waals surface area contributed by atoms with Crippen LogP contribution in [0.5, 0.6) is 0 Å². The van der Waals surface area contributed by atoms with Gasteiger partial charge in [-0.1, -0.05) is 42.1 Å². The van der Waals surface area contributed by atoms with E-state index in [4.69, 9.17) is 23.2 Å². The minimum Gasteiger partial charge on any atom is -0.299 e. The van der Waals surface area contributed by atoms with Crippen LogP contribution in [0, 0.1) is 11.8 Å². The summed E-state index contributed by atoms with van der Waals surface area (Å²) in [5, 5.41) is 4.71. The largest absolute Gasteiger partial charge is 0.299 e. The third-order valence-corrected chi connectivity index (χ3v) is 2.92. The van der Waals surface area contributed by atoms with E-state index in [1.807, 2.05) is 19.1 Å². The molecule has 1 N–H and O–H groups in total. The van der Waals surface area contributed by atoms with Gasteiger partial charge in [-0.3, -0.25) is 5.32 Å². The number of hydrogen-bond acceptors (Lipinski definition) is 1. The van der Waals surface area contributed by atoms with E-state index in [1.54, 1.807) is 6.07 Å². The summed E-state index contributed by atoms with van der Waals surface area (Å²) in [4.78, 5) is 0. The van der Waals surface area contributed by atoms with E-state index in [1.165, 1.54) is 0 Å². The lowest BCUT2D eigenvalue weighted by Gasteiger charge is -2.17. The summed E-state index contributed by atoms with van der Waals surface area (Å²) in [6.45, 7) is 4.62. The molecule has 0 aliphatic rings. The highest BCUT2D eigenvalue weighted by atomic mass is 35.5. The predicted molar refractivity (Wildman–Crippen MR) is 70.9 cm³/mol. The molecule has 16 heavy (non-hydrogen) atoms. The summed E-state index contributed by atoms with van der Waals surface area (Å²) in [7, 11) is 0. The van der Waals surface area contributed by atoms with Crippen LogP contribution in [0.3, 0.4) is 0 Å². The second-order valence-corrected chi connectivity index (χ2v) is 4.28. The molecule has 0 aliphatic carbocycles. The maximum absolute atomic E-state index is 6.16. The molecule has 0 spiro atoms. The summed E-state index contributed by atoms with van der Waals surface area (Å²) in [5.41, 5.74) is 1.08. The Labute approximate surface area is 107 Å². The van der Waals surface area contributed by atoms with Gasteiger partial charge in [-0.15, -0.1) is 5.92 Å². The Kier molecular flexibility index (Phi) is 5.69. The van der Waals surface area contributed by atoms with E-state index in [0.717, 1.165) is 12.0 Å². The maximum Gasteiger partial charge on any atom is 0.0581 e. The summed E-state index contributed by atoms with van der Waals surface area (Å²) >= 11 is 12.0. The quantitative estimate of drug-likeness (QED) is 0.801. The van der Waals surface area contributed by atoms with Gasteiger partial charge >= 0.3 is 0 Å². The smallest absolute Gasteiger partial charge is 0.0581 e. The van der Waals surface area contributed by atoms with E-state index in [0.29, 0.717) is 16.6 Å². The van der Waals surface area contributed by atoms with Crippen molar-refractivity contribution in [1.29, 1.82) is 0 Å². The van der Waals surface area contributed by atoms with Crippen molar-refractivity contribution in [2.45, 2.75) is 26.3 Å². The summed E-state index contributed by atoms with van der Waals surface area (Å²) < 4.78 is 0. The van der Waals surface area contributed by atoms with Gasteiger partial charge in [0.05, 0.1) is 6.54 Å². The molecule has 0 aromatic heterocycles. The molecule has 0 saturated heterocycles. The SMILES string of the molecule is CC#CCNC(CC)c1ccc(Cl)cc1Cl. The molecule has 1 nitrogen and oxygen atoms in total. The average molecular weight is 256 g/mol. The van der Waals surface area contributed by atoms with Crippen molar-refractivity contribution in [3.63, 3.8) is 0 Å². The Balaban J connectivity index is 2.80. The zero-order valence-corrected chi connectivity index (χ0v) is 11.0. The molecule has 1 aromatic carbocycles.